The Balaban J connectivity index is 1.55. The Kier molecular flexibility index (Phi) is 5.47. The molecule has 1 aromatic heterocycles. The van der Waals surface area contributed by atoms with Crippen LogP contribution in [0.15, 0.2) is 60.7 Å². The van der Waals surface area contributed by atoms with Crippen molar-refractivity contribution in [3.63, 3.8) is 0 Å². The van der Waals surface area contributed by atoms with Gasteiger partial charge in [-0.1, -0.05) is 60.1 Å². The third-order valence-electron chi connectivity index (χ3n) is 7.12. The van der Waals surface area contributed by atoms with Gasteiger partial charge in [0.05, 0.1) is 17.2 Å². The zero-order valence-corrected chi connectivity index (χ0v) is 19.2. The van der Waals surface area contributed by atoms with Crippen molar-refractivity contribution < 1.29 is 4.74 Å². The molecule has 0 radical (unpaired) electrons. The zero-order valence-electron chi connectivity index (χ0n) is 18.4. The molecule has 0 aliphatic heterocycles. The van der Waals surface area contributed by atoms with Crippen molar-refractivity contribution in [2.75, 3.05) is 0 Å². The number of rotatable bonds is 6. The first-order valence-electron chi connectivity index (χ1n) is 11.5. The normalized spacial score (nSPS) is 25.3. The van der Waals surface area contributed by atoms with E-state index in [-0.39, 0.29) is 0 Å². The molecule has 0 amide bonds. The molecule has 1 heterocycles. The van der Waals surface area contributed by atoms with E-state index in [0.29, 0.717) is 36.8 Å². The summed E-state index contributed by atoms with van der Waals surface area (Å²) >= 11 is 6.74. The van der Waals surface area contributed by atoms with Gasteiger partial charge in [-0.05, 0) is 69.1 Å². The number of hydrogen-bond donors (Lipinski definition) is 0. The predicted octanol–water partition coefficient (Wildman–Crippen LogP) is 6.56. The molecule has 5 rings (SSSR count). The third kappa shape index (κ3) is 3.80. The van der Waals surface area contributed by atoms with Crippen LogP contribution in [0.3, 0.4) is 0 Å². The van der Waals surface area contributed by atoms with Crippen LogP contribution in [0, 0.1) is 24.2 Å². The molecule has 2 fully saturated rings. The van der Waals surface area contributed by atoms with Crippen LogP contribution in [0.2, 0.25) is 5.15 Å². The lowest BCUT2D eigenvalue weighted by Crippen LogP contribution is -2.44. The van der Waals surface area contributed by atoms with Crippen LogP contribution in [-0.4, -0.2) is 9.55 Å². The first kappa shape index (κ1) is 21.1. The SMILES string of the molecule is Cc1nc([C@]2(Oc3ccccc3)CC[C@](C#N)(c3ccccc3)CC2)n(CC2CC2)c1Cl. The quantitative estimate of drug-likeness (QED) is 0.431. The number of hydrogen-bond acceptors (Lipinski definition) is 3. The molecule has 4 nitrogen and oxygen atoms in total. The topological polar surface area (TPSA) is 50.8 Å². The van der Waals surface area contributed by atoms with Crippen molar-refractivity contribution in [2.45, 2.75) is 63.0 Å². The van der Waals surface area contributed by atoms with Crippen molar-refractivity contribution in [1.82, 2.24) is 9.55 Å². The maximum Gasteiger partial charge on any atom is 0.166 e. The van der Waals surface area contributed by atoms with Crippen LogP contribution in [-0.2, 0) is 17.6 Å². The number of imidazole rings is 1. The smallest absolute Gasteiger partial charge is 0.166 e. The number of nitriles is 1. The van der Waals surface area contributed by atoms with Crippen LogP contribution in [0.4, 0.5) is 0 Å². The minimum absolute atomic E-state index is 0.502. The Bertz CT molecular complexity index is 1120. The number of ether oxygens (including phenoxy) is 1. The molecule has 0 unspecified atom stereocenters. The molecule has 0 spiro atoms. The van der Waals surface area contributed by atoms with Crippen molar-refractivity contribution in [2.24, 2.45) is 5.92 Å². The van der Waals surface area contributed by atoms with Crippen LogP contribution >= 0.6 is 11.6 Å². The van der Waals surface area contributed by atoms with Gasteiger partial charge in [0.25, 0.3) is 0 Å². The van der Waals surface area contributed by atoms with Gasteiger partial charge in [0, 0.05) is 6.54 Å². The van der Waals surface area contributed by atoms with Gasteiger partial charge in [0.1, 0.15) is 10.9 Å². The zero-order chi connectivity index (χ0) is 22.2. The highest BCUT2D eigenvalue weighted by atomic mass is 35.5. The number of aryl methyl sites for hydroxylation is 1. The second-order valence-electron chi connectivity index (χ2n) is 9.33. The lowest BCUT2D eigenvalue weighted by atomic mass is 9.65. The summed E-state index contributed by atoms with van der Waals surface area (Å²) in [4.78, 5) is 4.95. The lowest BCUT2D eigenvalue weighted by Gasteiger charge is -2.43. The van der Waals surface area contributed by atoms with E-state index >= 15 is 0 Å². The third-order valence-corrected chi connectivity index (χ3v) is 7.60. The van der Waals surface area contributed by atoms with Crippen LogP contribution < -0.4 is 4.74 Å². The number of benzene rings is 2. The Morgan fingerprint density at radius 3 is 2.25 bits per heavy atom. The Labute approximate surface area is 194 Å². The molecule has 5 heteroatoms. The largest absolute Gasteiger partial charge is 0.479 e. The van der Waals surface area contributed by atoms with E-state index in [4.69, 9.17) is 21.3 Å². The number of aromatic nitrogens is 2. The first-order chi connectivity index (χ1) is 15.6. The Morgan fingerprint density at radius 2 is 1.66 bits per heavy atom. The van der Waals surface area contributed by atoms with Gasteiger partial charge in [0.2, 0.25) is 0 Å². The molecule has 0 bridgehead atoms. The average molecular weight is 446 g/mol. The summed E-state index contributed by atoms with van der Waals surface area (Å²) in [7, 11) is 0. The summed E-state index contributed by atoms with van der Waals surface area (Å²) in [5.74, 6) is 2.40. The molecule has 0 saturated heterocycles. The molecular weight excluding hydrogens is 418 g/mol. The summed E-state index contributed by atoms with van der Waals surface area (Å²) in [5, 5.41) is 10.9. The molecule has 3 aromatic rings. The van der Waals surface area contributed by atoms with Gasteiger partial charge >= 0.3 is 0 Å². The van der Waals surface area contributed by atoms with Crippen molar-refractivity contribution >= 4 is 11.6 Å². The van der Waals surface area contributed by atoms with Crippen molar-refractivity contribution in [1.29, 1.82) is 5.26 Å². The van der Waals surface area contributed by atoms with Gasteiger partial charge in [0.15, 0.2) is 11.4 Å². The Hall–Kier alpha value is -2.77. The molecule has 0 atom stereocenters. The van der Waals surface area contributed by atoms with E-state index in [0.717, 1.165) is 29.4 Å². The average Bonchev–Trinajstić information content (AvgIpc) is 3.62. The fraction of sp³-hybridized carbons (Fsp3) is 0.407. The molecule has 164 valence electrons. The number of nitrogens with zero attached hydrogens (tertiary/aromatic N) is 3. The van der Waals surface area contributed by atoms with Crippen LogP contribution in [0.1, 0.15) is 55.6 Å². The second kappa shape index (κ2) is 8.30. The summed E-state index contributed by atoms with van der Waals surface area (Å²) in [6.07, 6.45) is 5.33. The summed E-state index contributed by atoms with van der Waals surface area (Å²) in [6.45, 7) is 2.86. The molecule has 2 aromatic carbocycles. The maximum absolute atomic E-state index is 10.2. The number of halogens is 1. The highest BCUT2D eigenvalue weighted by Gasteiger charge is 2.49. The predicted molar refractivity (Wildman–Crippen MR) is 126 cm³/mol. The second-order valence-corrected chi connectivity index (χ2v) is 9.69. The van der Waals surface area contributed by atoms with Gasteiger partial charge < -0.3 is 9.30 Å². The van der Waals surface area contributed by atoms with E-state index in [1.54, 1.807) is 0 Å². The number of para-hydroxylation sites is 1. The van der Waals surface area contributed by atoms with E-state index in [2.05, 4.69) is 22.8 Å². The summed E-state index contributed by atoms with van der Waals surface area (Å²) in [6, 6.07) is 22.8. The molecule has 2 saturated carbocycles. The van der Waals surface area contributed by atoms with E-state index in [1.165, 1.54) is 12.8 Å². The highest BCUT2D eigenvalue weighted by molar-refractivity contribution is 6.30. The fourth-order valence-electron chi connectivity index (χ4n) is 5.01. The van der Waals surface area contributed by atoms with Crippen molar-refractivity contribution in [3.05, 3.63) is 82.9 Å². The van der Waals surface area contributed by atoms with Gasteiger partial charge in [-0.3, -0.25) is 0 Å². The van der Waals surface area contributed by atoms with E-state index in [9.17, 15) is 5.26 Å². The first-order valence-corrected chi connectivity index (χ1v) is 11.9. The minimum atomic E-state index is -0.608. The Morgan fingerprint density at radius 1 is 1.03 bits per heavy atom. The van der Waals surface area contributed by atoms with Gasteiger partial charge in [-0.25, -0.2) is 4.98 Å². The van der Waals surface area contributed by atoms with Gasteiger partial charge in [-0.15, -0.1) is 0 Å². The molecule has 32 heavy (non-hydrogen) atoms. The van der Waals surface area contributed by atoms with Crippen LogP contribution in [0.25, 0.3) is 0 Å². The summed E-state index contributed by atoms with van der Waals surface area (Å²) in [5.41, 5.74) is 0.825. The van der Waals surface area contributed by atoms with Crippen LogP contribution in [0.5, 0.6) is 5.75 Å². The summed E-state index contributed by atoms with van der Waals surface area (Å²) < 4.78 is 8.94. The van der Waals surface area contributed by atoms with Gasteiger partial charge in [-0.2, -0.15) is 5.26 Å². The fourth-order valence-corrected chi connectivity index (χ4v) is 5.21. The maximum atomic E-state index is 10.2. The standard InChI is InChI=1S/C27H28ClN3O/c1-20-24(28)31(18-21-12-13-21)25(30-20)27(32-23-10-6-3-7-11-23)16-14-26(19-29,15-17-27)22-8-4-2-5-9-22/h2-11,21H,12-18H2,1H3/t26-,27-. The monoisotopic (exact) mass is 445 g/mol. The van der Waals surface area contributed by atoms with E-state index < -0.39 is 11.0 Å². The molecule has 2 aliphatic rings. The highest BCUT2D eigenvalue weighted by Crippen LogP contribution is 2.49. The molecular formula is C27H28ClN3O. The van der Waals surface area contributed by atoms with Crippen molar-refractivity contribution in [3.8, 4) is 11.8 Å². The lowest BCUT2D eigenvalue weighted by molar-refractivity contribution is 0.000570. The molecule has 2 aliphatic carbocycles. The molecule has 0 N–H and O–H groups in total. The minimum Gasteiger partial charge on any atom is -0.479 e. The van der Waals surface area contributed by atoms with E-state index in [1.807, 2.05) is 55.5 Å².